The number of halogens is 4. The minimum absolute atomic E-state index is 0.337. The van der Waals surface area contributed by atoms with Crippen LogP contribution < -0.4 is 0 Å². The van der Waals surface area contributed by atoms with Gasteiger partial charge in [-0.25, -0.2) is 0 Å². The first-order valence-electron chi connectivity index (χ1n) is 3.78. The van der Waals surface area contributed by atoms with Crippen LogP contribution in [0.1, 0.15) is 15.9 Å². The lowest BCUT2D eigenvalue weighted by molar-refractivity contribution is -0.385. The Morgan fingerprint density at radius 1 is 1.31 bits per heavy atom. The summed E-state index contributed by atoms with van der Waals surface area (Å²) in [6, 6.07) is 1.48. The van der Waals surface area contributed by atoms with Crippen molar-refractivity contribution in [1.82, 2.24) is 0 Å². The van der Waals surface area contributed by atoms with Crippen LogP contribution in [0.2, 0.25) is 0 Å². The largest absolute Gasteiger partial charge is 0.416 e. The molecule has 0 aromatic heterocycles. The van der Waals surface area contributed by atoms with Crippen LogP contribution in [0.3, 0.4) is 0 Å². The van der Waals surface area contributed by atoms with Gasteiger partial charge in [0, 0.05) is 17.7 Å². The van der Waals surface area contributed by atoms with E-state index in [1.165, 1.54) is 0 Å². The van der Waals surface area contributed by atoms with Crippen molar-refractivity contribution in [2.24, 2.45) is 0 Å². The van der Waals surface area contributed by atoms with E-state index < -0.39 is 33.2 Å². The highest BCUT2D eigenvalue weighted by Gasteiger charge is 2.33. The highest BCUT2D eigenvalue weighted by Crippen LogP contribution is 2.32. The molecule has 0 saturated heterocycles. The average molecular weight is 254 g/mol. The maximum atomic E-state index is 12.3. The third-order valence-electron chi connectivity index (χ3n) is 1.68. The van der Waals surface area contributed by atoms with Gasteiger partial charge < -0.3 is 0 Å². The zero-order valence-electron chi connectivity index (χ0n) is 7.42. The van der Waals surface area contributed by atoms with E-state index in [4.69, 9.17) is 11.6 Å². The smallest absolute Gasteiger partial charge is 0.276 e. The number of alkyl halides is 3. The summed E-state index contributed by atoms with van der Waals surface area (Å²) in [6.07, 6.45) is -4.77. The number of benzene rings is 1. The SMILES string of the molecule is O=C(Cl)c1cc([N+](=O)[O-])cc(C(F)(F)F)c1. The van der Waals surface area contributed by atoms with Crippen molar-refractivity contribution in [3.63, 3.8) is 0 Å². The van der Waals surface area contributed by atoms with Gasteiger partial charge in [-0.05, 0) is 17.7 Å². The molecule has 16 heavy (non-hydrogen) atoms. The number of carbonyl (C=O) groups excluding carboxylic acids is 1. The van der Waals surface area contributed by atoms with Crippen molar-refractivity contribution >= 4 is 22.5 Å². The fourth-order valence-electron chi connectivity index (χ4n) is 0.994. The molecule has 1 aromatic rings. The van der Waals surface area contributed by atoms with Crippen LogP contribution >= 0.6 is 11.6 Å². The van der Waals surface area contributed by atoms with Crippen molar-refractivity contribution in [3.8, 4) is 0 Å². The molecule has 0 amide bonds. The Labute approximate surface area is 91.8 Å². The van der Waals surface area contributed by atoms with Crippen LogP contribution in [0.4, 0.5) is 18.9 Å². The van der Waals surface area contributed by atoms with E-state index in [1.807, 2.05) is 0 Å². The molecule has 0 aliphatic rings. The molecular weight excluding hydrogens is 251 g/mol. The number of nitro benzene ring substituents is 1. The van der Waals surface area contributed by atoms with Crippen LogP contribution in [0.5, 0.6) is 0 Å². The second kappa shape index (κ2) is 4.09. The molecule has 0 radical (unpaired) electrons. The topological polar surface area (TPSA) is 60.2 Å². The Morgan fingerprint density at radius 3 is 2.25 bits per heavy atom. The predicted octanol–water partition coefficient (Wildman–Crippen LogP) is 2.99. The first-order chi connectivity index (χ1) is 7.21. The van der Waals surface area contributed by atoms with Gasteiger partial charge in [-0.15, -0.1) is 0 Å². The van der Waals surface area contributed by atoms with Gasteiger partial charge >= 0.3 is 6.18 Å². The predicted molar refractivity (Wildman–Crippen MR) is 48.3 cm³/mol. The van der Waals surface area contributed by atoms with Gasteiger partial charge in [-0.1, -0.05) is 0 Å². The molecule has 0 N–H and O–H groups in total. The Morgan fingerprint density at radius 2 is 1.88 bits per heavy atom. The first-order valence-corrected chi connectivity index (χ1v) is 4.16. The number of nitrogens with zero attached hydrogens (tertiary/aromatic N) is 1. The Bertz CT molecular complexity index is 426. The monoisotopic (exact) mass is 253 g/mol. The van der Waals surface area contributed by atoms with E-state index in [2.05, 4.69) is 0 Å². The average Bonchev–Trinajstić information content (AvgIpc) is 2.15. The number of rotatable bonds is 2. The number of nitro groups is 1. The van der Waals surface area contributed by atoms with Crippen LogP contribution in [0.15, 0.2) is 18.2 Å². The maximum Gasteiger partial charge on any atom is 0.416 e. The molecule has 0 atom stereocenters. The molecular formula is C8H3ClF3NO3. The summed E-state index contributed by atoms with van der Waals surface area (Å²) >= 11 is 4.97. The molecule has 0 heterocycles. The summed E-state index contributed by atoms with van der Waals surface area (Å²) in [5, 5.41) is 9.15. The molecule has 1 rings (SSSR count). The van der Waals surface area contributed by atoms with E-state index in [0.29, 0.717) is 18.2 Å². The van der Waals surface area contributed by atoms with Crippen molar-refractivity contribution in [1.29, 1.82) is 0 Å². The second-order valence-corrected chi connectivity index (χ2v) is 3.14. The standard InChI is InChI=1S/C8H3ClF3NO3/c9-7(14)4-1-5(8(10,11)12)3-6(2-4)13(15)16/h1-3H. The molecule has 4 nitrogen and oxygen atoms in total. The van der Waals surface area contributed by atoms with E-state index in [-0.39, 0.29) is 0 Å². The summed E-state index contributed by atoms with van der Waals surface area (Å²) in [7, 11) is 0. The van der Waals surface area contributed by atoms with E-state index >= 15 is 0 Å². The molecule has 86 valence electrons. The van der Waals surface area contributed by atoms with Gasteiger partial charge in [-0.2, -0.15) is 13.2 Å². The summed E-state index contributed by atoms with van der Waals surface area (Å²) in [6.45, 7) is 0. The number of non-ortho nitro benzene ring substituents is 1. The van der Waals surface area contributed by atoms with Crippen LogP contribution in [-0.4, -0.2) is 10.2 Å². The Hall–Kier alpha value is -1.63. The van der Waals surface area contributed by atoms with Crippen molar-refractivity contribution < 1.29 is 22.9 Å². The van der Waals surface area contributed by atoms with E-state index in [9.17, 15) is 28.1 Å². The maximum absolute atomic E-state index is 12.3. The lowest BCUT2D eigenvalue weighted by atomic mass is 10.1. The molecule has 0 bridgehead atoms. The lowest BCUT2D eigenvalue weighted by Gasteiger charge is -2.07. The van der Waals surface area contributed by atoms with Gasteiger partial charge in [-0.3, -0.25) is 14.9 Å². The van der Waals surface area contributed by atoms with Crippen molar-refractivity contribution in [2.75, 3.05) is 0 Å². The van der Waals surface area contributed by atoms with Crippen LogP contribution in [-0.2, 0) is 6.18 Å². The highest BCUT2D eigenvalue weighted by atomic mass is 35.5. The highest BCUT2D eigenvalue weighted by molar-refractivity contribution is 6.67. The quantitative estimate of drug-likeness (QED) is 0.462. The third-order valence-corrected chi connectivity index (χ3v) is 1.90. The molecule has 0 spiro atoms. The Kier molecular flexibility index (Phi) is 3.18. The lowest BCUT2D eigenvalue weighted by Crippen LogP contribution is -2.07. The van der Waals surface area contributed by atoms with Gasteiger partial charge in [0.25, 0.3) is 10.9 Å². The number of hydrogen-bond acceptors (Lipinski definition) is 3. The van der Waals surface area contributed by atoms with Crippen molar-refractivity contribution in [2.45, 2.75) is 6.18 Å². The van der Waals surface area contributed by atoms with Crippen LogP contribution in [0, 0.1) is 10.1 Å². The molecule has 1 aromatic carbocycles. The summed E-state index contributed by atoms with van der Waals surface area (Å²) in [4.78, 5) is 20.0. The molecule has 0 aliphatic carbocycles. The third kappa shape index (κ3) is 2.69. The second-order valence-electron chi connectivity index (χ2n) is 2.80. The van der Waals surface area contributed by atoms with Gasteiger partial charge in [0.05, 0.1) is 10.5 Å². The molecule has 8 heteroatoms. The van der Waals surface area contributed by atoms with Gasteiger partial charge in [0.2, 0.25) is 0 Å². The van der Waals surface area contributed by atoms with E-state index in [1.54, 1.807) is 0 Å². The van der Waals surface area contributed by atoms with Gasteiger partial charge in [0.15, 0.2) is 0 Å². The fraction of sp³-hybridized carbons (Fsp3) is 0.125. The minimum atomic E-state index is -4.77. The minimum Gasteiger partial charge on any atom is -0.276 e. The first kappa shape index (κ1) is 12.4. The zero-order chi connectivity index (χ0) is 12.5. The molecule has 0 unspecified atom stereocenters. The number of hydrogen-bond donors (Lipinski definition) is 0. The van der Waals surface area contributed by atoms with Crippen molar-refractivity contribution in [3.05, 3.63) is 39.4 Å². The summed E-state index contributed by atoms with van der Waals surface area (Å²) < 4.78 is 36.9. The molecule has 0 aliphatic heterocycles. The summed E-state index contributed by atoms with van der Waals surface area (Å²) in [5.41, 5.74) is -2.69. The molecule has 0 saturated carbocycles. The normalized spacial score (nSPS) is 11.2. The molecule has 0 fully saturated rings. The van der Waals surface area contributed by atoms with Gasteiger partial charge in [0.1, 0.15) is 0 Å². The fourth-order valence-corrected chi connectivity index (χ4v) is 1.10. The zero-order valence-corrected chi connectivity index (χ0v) is 8.17. The van der Waals surface area contributed by atoms with Crippen LogP contribution in [0.25, 0.3) is 0 Å². The number of carbonyl (C=O) groups is 1. The van der Waals surface area contributed by atoms with E-state index in [0.717, 1.165) is 0 Å². The Balaban J connectivity index is 3.42. The summed E-state index contributed by atoms with van der Waals surface area (Å²) in [5.74, 6) is 0.